The zero-order valence-corrected chi connectivity index (χ0v) is 11.9. The van der Waals surface area contributed by atoms with Crippen molar-refractivity contribution in [2.45, 2.75) is 6.61 Å². The highest BCUT2D eigenvalue weighted by Crippen LogP contribution is 2.13. The van der Waals surface area contributed by atoms with Crippen LogP contribution in [0.25, 0.3) is 0 Å². The van der Waals surface area contributed by atoms with Crippen molar-refractivity contribution in [1.29, 1.82) is 5.26 Å². The molecule has 0 saturated heterocycles. The van der Waals surface area contributed by atoms with E-state index < -0.39 is 6.09 Å². The van der Waals surface area contributed by atoms with Crippen LogP contribution in [0.15, 0.2) is 54.6 Å². The van der Waals surface area contributed by atoms with Crippen molar-refractivity contribution in [1.82, 2.24) is 4.72 Å². The second-order valence-corrected chi connectivity index (χ2v) is 4.67. The summed E-state index contributed by atoms with van der Waals surface area (Å²) in [6.45, 7) is 0.219. The lowest BCUT2D eigenvalue weighted by Gasteiger charge is -2.07. The average molecular weight is 299 g/mol. The fourth-order valence-corrected chi connectivity index (χ4v) is 1.97. The van der Waals surface area contributed by atoms with Crippen molar-refractivity contribution in [2.75, 3.05) is 4.72 Å². The predicted molar refractivity (Wildman–Crippen MR) is 82.1 cm³/mol. The highest BCUT2D eigenvalue weighted by atomic mass is 32.2. The molecule has 0 aliphatic carbocycles. The van der Waals surface area contributed by atoms with Gasteiger partial charge in [-0.15, -0.1) is 0 Å². The van der Waals surface area contributed by atoms with Gasteiger partial charge in [0.15, 0.2) is 0 Å². The van der Waals surface area contributed by atoms with E-state index in [9.17, 15) is 4.79 Å². The third-order valence-corrected chi connectivity index (χ3v) is 3.11. The number of benzene rings is 2. The summed E-state index contributed by atoms with van der Waals surface area (Å²) in [5.74, 6) is 0. The molecule has 0 aromatic heterocycles. The van der Waals surface area contributed by atoms with Crippen molar-refractivity contribution in [3.63, 3.8) is 0 Å². The third kappa shape index (κ3) is 5.09. The number of carbonyl (C=O) groups excluding carboxylic acids is 1. The molecule has 0 fully saturated rings. The Balaban J connectivity index is 1.71. The molecule has 0 aliphatic heterocycles. The van der Waals surface area contributed by atoms with Gasteiger partial charge in [0.25, 0.3) is 0 Å². The Morgan fingerprint density at radius 3 is 2.76 bits per heavy atom. The highest BCUT2D eigenvalue weighted by molar-refractivity contribution is 7.99. The van der Waals surface area contributed by atoms with Crippen LogP contribution in [0.1, 0.15) is 11.1 Å². The Morgan fingerprint density at radius 2 is 2.00 bits per heavy atom. The molecular weight excluding hydrogens is 286 g/mol. The molecule has 1 amide bonds. The number of hydrogen-bond donors (Lipinski definition) is 2. The molecule has 2 aromatic rings. The molecule has 106 valence electrons. The molecule has 0 heterocycles. The van der Waals surface area contributed by atoms with E-state index in [1.54, 1.807) is 24.3 Å². The summed E-state index contributed by atoms with van der Waals surface area (Å²) in [5, 5.41) is 8.78. The number of nitriles is 1. The minimum atomic E-state index is -0.534. The number of amides is 1. The van der Waals surface area contributed by atoms with Crippen LogP contribution in [0, 0.1) is 11.3 Å². The number of anilines is 1. The summed E-state index contributed by atoms with van der Waals surface area (Å²) in [6, 6.07) is 18.4. The quantitative estimate of drug-likeness (QED) is 0.827. The van der Waals surface area contributed by atoms with Gasteiger partial charge in [-0.3, -0.25) is 0 Å². The van der Waals surface area contributed by atoms with Gasteiger partial charge in [-0.1, -0.05) is 36.4 Å². The molecule has 0 spiro atoms. The van der Waals surface area contributed by atoms with Crippen LogP contribution in [0.3, 0.4) is 0 Å². The average Bonchev–Trinajstić information content (AvgIpc) is 2.54. The van der Waals surface area contributed by atoms with E-state index in [4.69, 9.17) is 10.00 Å². The number of ether oxygens (including phenoxy) is 1. The van der Waals surface area contributed by atoms with Crippen LogP contribution in [-0.4, -0.2) is 6.09 Å². The van der Waals surface area contributed by atoms with E-state index in [0.717, 1.165) is 23.4 Å². The first-order valence-electron chi connectivity index (χ1n) is 6.16. The summed E-state index contributed by atoms with van der Waals surface area (Å²) in [7, 11) is 0. The van der Waals surface area contributed by atoms with E-state index >= 15 is 0 Å². The zero-order valence-electron chi connectivity index (χ0n) is 11.1. The number of hydrogen-bond acceptors (Lipinski definition) is 5. The van der Waals surface area contributed by atoms with Crippen LogP contribution in [0.4, 0.5) is 10.5 Å². The van der Waals surface area contributed by atoms with E-state index in [-0.39, 0.29) is 6.61 Å². The van der Waals surface area contributed by atoms with Crippen molar-refractivity contribution < 1.29 is 9.53 Å². The molecule has 2 rings (SSSR count). The second-order valence-electron chi connectivity index (χ2n) is 4.06. The van der Waals surface area contributed by atoms with Gasteiger partial charge in [-0.25, -0.2) is 9.52 Å². The summed E-state index contributed by atoms with van der Waals surface area (Å²) in [4.78, 5) is 11.5. The smallest absolute Gasteiger partial charge is 0.418 e. The van der Waals surface area contributed by atoms with Gasteiger partial charge in [0, 0.05) is 5.69 Å². The van der Waals surface area contributed by atoms with Crippen LogP contribution >= 0.6 is 12.1 Å². The van der Waals surface area contributed by atoms with E-state index in [0.29, 0.717) is 5.56 Å². The Kier molecular flexibility index (Phi) is 5.50. The Bertz CT molecular complexity index is 641. The monoisotopic (exact) mass is 299 g/mol. The molecule has 0 bridgehead atoms. The molecule has 0 atom stereocenters. The third-order valence-electron chi connectivity index (χ3n) is 2.51. The number of rotatable bonds is 5. The minimum absolute atomic E-state index is 0.219. The molecule has 2 aromatic carbocycles. The molecule has 2 N–H and O–H groups in total. The zero-order chi connectivity index (χ0) is 14.9. The summed E-state index contributed by atoms with van der Waals surface area (Å²) in [6.07, 6.45) is -0.534. The lowest BCUT2D eigenvalue weighted by Crippen LogP contribution is -2.18. The fourth-order valence-electron chi connectivity index (χ4n) is 1.53. The van der Waals surface area contributed by atoms with Gasteiger partial charge >= 0.3 is 6.09 Å². The summed E-state index contributed by atoms with van der Waals surface area (Å²) >= 11 is 0.985. The lowest BCUT2D eigenvalue weighted by molar-refractivity contribution is 0.147. The van der Waals surface area contributed by atoms with Crippen molar-refractivity contribution >= 4 is 23.9 Å². The lowest BCUT2D eigenvalue weighted by atomic mass is 10.2. The van der Waals surface area contributed by atoms with Gasteiger partial charge in [0.2, 0.25) is 0 Å². The van der Waals surface area contributed by atoms with Crippen molar-refractivity contribution in [3.8, 4) is 6.07 Å². The van der Waals surface area contributed by atoms with Gasteiger partial charge in [-0.2, -0.15) is 5.26 Å². The van der Waals surface area contributed by atoms with Crippen molar-refractivity contribution in [2.24, 2.45) is 0 Å². The Hall–Kier alpha value is -2.65. The standard InChI is InChI=1S/C15H13N3O2S/c16-10-13-7-4-8-14(9-13)17-21-18-15(19)20-11-12-5-2-1-3-6-12/h1-9,17H,11H2,(H,18,19). The molecule has 0 aliphatic rings. The van der Waals surface area contributed by atoms with Gasteiger partial charge in [0.1, 0.15) is 6.61 Å². The molecule has 0 unspecified atom stereocenters. The SMILES string of the molecule is N#Cc1cccc(NSNC(=O)OCc2ccccc2)c1. The fraction of sp³-hybridized carbons (Fsp3) is 0.0667. The molecule has 0 radical (unpaired) electrons. The van der Waals surface area contributed by atoms with Gasteiger partial charge in [-0.05, 0) is 23.8 Å². The molecular formula is C15H13N3O2S. The van der Waals surface area contributed by atoms with E-state index in [2.05, 4.69) is 9.44 Å². The van der Waals surface area contributed by atoms with E-state index in [1.165, 1.54) is 0 Å². The first-order chi connectivity index (χ1) is 10.3. The first-order valence-corrected chi connectivity index (χ1v) is 6.98. The largest absolute Gasteiger partial charge is 0.444 e. The Labute approximate surface area is 127 Å². The van der Waals surface area contributed by atoms with Crippen LogP contribution < -0.4 is 9.44 Å². The van der Waals surface area contributed by atoms with E-state index in [1.807, 2.05) is 36.4 Å². The van der Waals surface area contributed by atoms with Gasteiger partial charge in [0.05, 0.1) is 23.8 Å². The van der Waals surface area contributed by atoms with Crippen LogP contribution in [0.5, 0.6) is 0 Å². The Morgan fingerprint density at radius 1 is 1.19 bits per heavy atom. The minimum Gasteiger partial charge on any atom is -0.444 e. The molecule has 5 nitrogen and oxygen atoms in total. The highest BCUT2D eigenvalue weighted by Gasteiger charge is 2.02. The normalized spacial score (nSPS) is 9.48. The predicted octanol–water partition coefficient (Wildman–Crippen LogP) is 3.46. The van der Waals surface area contributed by atoms with Crippen molar-refractivity contribution in [3.05, 3.63) is 65.7 Å². The molecule has 21 heavy (non-hydrogen) atoms. The number of carbonyl (C=O) groups is 1. The first kappa shape index (κ1) is 14.8. The maximum Gasteiger partial charge on any atom is 0.418 e. The number of nitrogens with one attached hydrogen (secondary N) is 2. The summed E-state index contributed by atoms with van der Waals surface area (Å²) < 4.78 is 10.5. The maximum atomic E-state index is 11.5. The van der Waals surface area contributed by atoms with Gasteiger partial charge < -0.3 is 9.46 Å². The molecule has 6 heteroatoms. The maximum absolute atomic E-state index is 11.5. The number of nitrogens with zero attached hydrogens (tertiary/aromatic N) is 1. The van der Waals surface area contributed by atoms with Crippen LogP contribution in [-0.2, 0) is 11.3 Å². The van der Waals surface area contributed by atoms with Crippen LogP contribution in [0.2, 0.25) is 0 Å². The topological polar surface area (TPSA) is 74.2 Å². The second kappa shape index (κ2) is 7.82. The summed E-state index contributed by atoms with van der Waals surface area (Å²) in [5.41, 5.74) is 2.20. The molecule has 0 saturated carbocycles.